The molecule has 0 N–H and O–H groups in total. The monoisotopic (exact) mass is 840 g/mol. The number of hydrogen-bond acceptors (Lipinski definition) is 2. The van der Waals surface area contributed by atoms with Gasteiger partial charge in [0.2, 0.25) is 0 Å². The summed E-state index contributed by atoms with van der Waals surface area (Å²) in [6, 6.07) is 49.8. The van der Waals surface area contributed by atoms with Crippen LogP contribution in [0.5, 0.6) is 0 Å². The van der Waals surface area contributed by atoms with Crippen molar-refractivity contribution in [1.29, 1.82) is 0 Å². The zero-order valence-corrected chi connectivity index (χ0v) is 34.0. The lowest BCUT2D eigenvalue weighted by Crippen LogP contribution is -2.11. The first-order chi connectivity index (χ1) is 27.0. The van der Waals surface area contributed by atoms with Gasteiger partial charge in [-0.05, 0) is 185 Å². The van der Waals surface area contributed by atoms with Gasteiger partial charge in [-0.25, -0.2) is 0 Å². The summed E-state index contributed by atoms with van der Waals surface area (Å²) >= 11 is 7.32. The van der Waals surface area contributed by atoms with Crippen molar-refractivity contribution in [2.45, 2.75) is 56.8 Å². The highest BCUT2D eigenvalue weighted by molar-refractivity contribution is 9.10. The second-order valence-electron chi connectivity index (χ2n) is 15.6. The quantitative estimate of drug-likeness (QED) is 0.141. The fourth-order valence-corrected chi connectivity index (χ4v) is 10.1. The second kappa shape index (κ2) is 14.3. The fourth-order valence-electron chi connectivity index (χ4n) is 9.58. The molecule has 2 nitrogen and oxygen atoms in total. The zero-order chi connectivity index (χ0) is 37.0. The third kappa shape index (κ3) is 6.44. The van der Waals surface area contributed by atoms with Gasteiger partial charge in [-0.3, -0.25) is 0 Å². The number of hydrogen-bond donors (Lipinski definition) is 0. The third-order valence-electron chi connectivity index (χ3n) is 12.3. The molecule has 0 amide bonds. The Kier molecular flexibility index (Phi) is 9.00. The van der Waals surface area contributed by atoms with Crippen LogP contribution in [0.1, 0.15) is 79.0 Å². The highest BCUT2D eigenvalue weighted by Gasteiger charge is 2.28. The lowest BCUT2D eigenvalue weighted by Gasteiger charge is -2.28. The van der Waals surface area contributed by atoms with E-state index in [4.69, 9.17) is 0 Å². The number of anilines is 6. The molecular formula is C51H42Br2N2. The molecule has 270 valence electrons. The van der Waals surface area contributed by atoms with Crippen molar-refractivity contribution in [3.63, 3.8) is 0 Å². The number of halogens is 2. The number of fused-ring (bicyclic) bond motifs is 7. The summed E-state index contributed by atoms with van der Waals surface area (Å²) in [5.41, 5.74) is 14.0. The number of benzene rings is 7. The van der Waals surface area contributed by atoms with Crippen LogP contribution in [-0.4, -0.2) is 0 Å². The Morgan fingerprint density at radius 2 is 1.02 bits per heavy atom. The Balaban J connectivity index is 1.05. The van der Waals surface area contributed by atoms with E-state index < -0.39 is 0 Å². The van der Waals surface area contributed by atoms with E-state index in [1.165, 1.54) is 94.4 Å². The topological polar surface area (TPSA) is 6.48 Å². The molecule has 1 atom stereocenters. The first kappa shape index (κ1) is 34.6. The van der Waals surface area contributed by atoms with Gasteiger partial charge in [-0.15, -0.1) is 0 Å². The molecule has 2 fully saturated rings. The third-order valence-corrected chi connectivity index (χ3v) is 13.3. The molecule has 10 rings (SSSR count). The van der Waals surface area contributed by atoms with Crippen LogP contribution in [0.25, 0.3) is 33.7 Å². The largest absolute Gasteiger partial charge is 0.310 e. The first-order valence-corrected chi connectivity index (χ1v) is 21.3. The van der Waals surface area contributed by atoms with E-state index in [0.29, 0.717) is 11.8 Å². The lowest BCUT2D eigenvalue weighted by molar-refractivity contribution is 0.722. The minimum Gasteiger partial charge on any atom is -0.310 e. The SMILES string of the molecule is C=Cc1cc(N(c2ccc(Br)cc2)c2ccc3c(ccc4cc(N(c5ccc(Br)cc5)c5ccc6c(c5)C=C5CCC6C5)ccc43)c2)ccc1C1CCCC1. The van der Waals surface area contributed by atoms with Crippen molar-refractivity contribution >= 4 is 99.7 Å². The molecule has 1 unspecified atom stereocenters. The fraction of sp³-hybridized carbons (Fsp3) is 0.176. The predicted octanol–water partition coefficient (Wildman–Crippen LogP) is 16.4. The Bertz CT molecular complexity index is 2630. The molecule has 7 aromatic carbocycles. The van der Waals surface area contributed by atoms with Crippen LogP contribution in [0, 0.1) is 0 Å². The number of rotatable bonds is 8. The van der Waals surface area contributed by atoms with Gasteiger partial charge in [0.1, 0.15) is 0 Å². The summed E-state index contributed by atoms with van der Waals surface area (Å²) in [5, 5.41) is 4.94. The molecule has 0 aliphatic heterocycles. The van der Waals surface area contributed by atoms with Crippen molar-refractivity contribution in [3.8, 4) is 0 Å². The van der Waals surface area contributed by atoms with E-state index >= 15 is 0 Å². The minimum absolute atomic E-state index is 0.630. The van der Waals surface area contributed by atoms with E-state index in [-0.39, 0.29) is 0 Å². The van der Waals surface area contributed by atoms with E-state index in [1.54, 1.807) is 5.57 Å². The van der Waals surface area contributed by atoms with Gasteiger partial charge in [0.25, 0.3) is 0 Å². The molecule has 7 aromatic rings. The van der Waals surface area contributed by atoms with E-state index in [1.807, 2.05) is 6.08 Å². The normalized spacial score (nSPS) is 16.3. The highest BCUT2D eigenvalue weighted by Crippen LogP contribution is 2.47. The highest BCUT2D eigenvalue weighted by atomic mass is 79.9. The minimum atomic E-state index is 0.630. The van der Waals surface area contributed by atoms with Crippen molar-refractivity contribution < 1.29 is 0 Å². The molecule has 55 heavy (non-hydrogen) atoms. The molecule has 2 bridgehead atoms. The Morgan fingerprint density at radius 3 is 1.60 bits per heavy atom. The van der Waals surface area contributed by atoms with Gasteiger partial charge >= 0.3 is 0 Å². The molecular weight excluding hydrogens is 800 g/mol. The van der Waals surface area contributed by atoms with Crippen LogP contribution in [0.2, 0.25) is 0 Å². The standard InChI is InChI=1S/C51H42Br2N2/c1-2-34-29-44(19-23-48(34)35-5-3-4-6-35)54(42-15-11-40(52)12-16-42)45-21-25-50-37(30-45)9-10-38-31-46(22-26-51(38)50)55(43-17-13-41(53)14-18-43)47-20-24-49-36-8-7-33(27-36)28-39(49)32-47/h2,9-26,28-32,35-36H,1,3-8,27H2. The summed E-state index contributed by atoms with van der Waals surface area (Å²) in [4.78, 5) is 4.78. The zero-order valence-electron chi connectivity index (χ0n) is 30.8. The summed E-state index contributed by atoms with van der Waals surface area (Å²) in [7, 11) is 0. The molecule has 3 aliphatic carbocycles. The molecule has 3 aliphatic rings. The molecule has 0 heterocycles. The van der Waals surface area contributed by atoms with Crippen LogP contribution in [0.15, 0.2) is 155 Å². The molecule has 0 aromatic heterocycles. The average Bonchev–Trinajstić information content (AvgIpc) is 3.90. The van der Waals surface area contributed by atoms with Gasteiger partial charge in [0.15, 0.2) is 0 Å². The molecule has 4 heteroatoms. The molecule has 2 saturated carbocycles. The van der Waals surface area contributed by atoms with Gasteiger partial charge in [-0.1, -0.05) is 105 Å². The Labute approximate surface area is 341 Å². The van der Waals surface area contributed by atoms with Crippen LogP contribution in [0.4, 0.5) is 34.1 Å². The van der Waals surface area contributed by atoms with Crippen LogP contribution in [0.3, 0.4) is 0 Å². The molecule has 0 radical (unpaired) electrons. The van der Waals surface area contributed by atoms with Crippen LogP contribution >= 0.6 is 31.9 Å². The van der Waals surface area contributed by atoms with Crippen LogP contribution < -0.4 is 9.80 Å². The van der Waals surface area contributed by atoms with Gasteiger partial charge in [-0.2, -0.15) is 0 Å². The van der Waals surface area contributed by atoms with Crippen molar-refractivity contribution in [1.82, 2.24) is 0 Å². The van der Waals surface area contributed by atoms with E-state index in [2.05, 4.69) is 188 Å². The average molecular weight is 843 g/mol. The van der Waals surface area contributed by atoms with E-state index in [9.17, 15) is 0 Å². The Morgan fingerprint density at radius 1 is 0.509 bits per heavy atom. The summed E-state index contributed by atoms with van der Waals surface area (Å²) in [6.45, 7) is 4.24. The summed E-state index contributed by atoms with van der Waals surface area (Å²) < 4.78 is 2.15. The summed E-state index contributed by atoms with van der Waals surface area (Å²) in [6.07, 6.45) is 13.4. The second-order valence-corrected chi connectivity index (χ2v) is 17.4. The lowest BCUT2D eigenvalue weighted by atomic mass is 9.88. The summed E-state index contributed by atoms with van der Waals surface area (Å²) in [5.74, 6) is 1.30. The maximum atomic E-state index is 4.24. The molecule has 0 spiro atoms. The van der Waals surface area contributed by atoms with Crippen LogP contribution in [-0.2, 0) is 0 Å². The molecule has 0 saturated heterocycles. The van der Waals surface area contributed by atoms with Gasteiger partial charge in [0, 0.05) is 43.1 Å². The van der Waals surface area contributed by atoms with Crippen molar-refractivity contribution in [2.75, 3.05) is 9.80 Å². The Hall–Kier alpha value is -4.90. The predicted molar refractivity (Wildman–Crippen MR) is 242 cm³/mol. The maximum Gasteiger partial charge on any atom is 0.0468 e. The van der Waals surface area contributed by atoms with Crippen molar-refractivity contribution in [3.05, 3.63) is 177 Å². The smallest absolute Gasteiger partial charge is 0.0468 e. The maximum absolute atomic E-state index is 4.24. The number of nitrogens with zero attached hydrogens (tertiary/aromatic N) is 2. The van der Waals surface area contributed by atoms with Gasteiger partial charge in [0.05, 0.1) is 0 Å². The van der Waals surface area contributed by atoms with Gasteiger partial charge < -0.3 is 9.80 Å². The first-order valence-electron chi connectivity index (χ1n) is 19.7. The number of allylic oxidation sites excluding steroid dienone is 1. The van der Waals surface area contributed by atoms with E-state index in [0.717, 1.165) is 37.4 Å². The van der Waals surface area contributed by atoms with Crippen molar-refractivity contribution in [2.24, 2.45) is 0 Å².